The van der Waals surface area contributed by atoms with Crippen LogP contribution in [-0.2, 0) is 22.8 Å². The number of anilines is 1. The van der Waals surface area contributed by atoms with Crippen molar-refractivity contribution in [3.05, 3.63) is 131 Å². The number of hydrogen-bond acceptors (Lipinski definition) is 5. The maximum absolute atomic E-state index is 13.8. The van der Waals surface area contributed by atoms with Crippen molar-refractivity contribution in [1.82, 2.24) is 5.32 Å². The van der Waals surface area contributed by atoms with Gasteiger partial charge in [0.2, 0.25) is 0 Å². The second kappa shape index (κ2) is 11.4. The largest absolute Gasteiger partial charge is 0.489 e. The summed E-state index contributed by atoms with van der Waals surface area (Å²) in [5.74, 6) is -0.831. The lowest BCUT2D eigenvalue weighted by Gasteiger charge is -2.26. The van der Waals surface area contributed by atoms with E-state index < -0.39 is 17.8 Å². The molecule has 8 heteroatoms. The van der Waals surface area contributed by atoms with Crippen LogP contribution in [0.25, 0.3) is 6.08 Å². The van der Waals surface area contributed by atoms with E-state index in [1.165, 1.54) is 12.1 Å². The molecule has 1 aliphatic rings. The number of benzene rings is 4. The number of hydrogen-bond donors (Lipinski definition) is 1. The third-order valence-electron chi connectivity index (χ3n) is 5.99. The molecule has 1 fully saturated rings. The van der Waals surface area contributed by atoms with Gasteiger partial charge in [0.15, 0.2) is 0 Å². The Labute approximate surface area is 224 Å². The molecule has 39 heavy (non-hydrogen) atoms. The van der Waals surface area contributed by atoms with E-state index >= 15 is 0 Å². The van der Waals surface area contributed by atoms with Crippen LogP contribution in [0.4, 0.5) is 14.9 Å². The standard InChI is InChI=1S/C31H23FN2O5/c32-28-9-5-4-8-23(28)20-39-25-14-10-21(11-15-25)18-27-29(35)33-31(37)34(30(27)36)24-12-16-26(17-13-24)38-19-22-6-2-1-3-7-22/h1-18H,19-20H2,(H,33,35,37)/b27-18+. The molecule has 0 aliphatic carbocycles. The first-order valence-corrected chi connectivity index (χ1v) is 12.1. The first-order valence-electron chi connectivity index (χ1n) is 12.1. The summed E-state index contributed by atoms with van der Waals surface area (Å²) in [7, 11) is 0. The molecule has 1 saturated heterocycles. The van der Waals surface area contributed by atoms with Crippen LogP contribution in [0.3, 0.4) is 0 Å². The molecule has 0 spiro atoms. The lowest BCUT2D eigenvalue weighted by Crippen LogP contribution is -2.54. The molecule has 0 bridgehead atoms. The van der Waals surface area contributed by atoms with Crippen LogP contribution >= 0.6 is 0 Å². The number of ether oxygens (including phenoxy) is 2. The van der Waals surface area contributed by atoms with Crippen molar-refractivity contribution >= 4 is 29.6 Å². The average Bonchev–Trinajstić information content (AvgIpc) is 2.95. The molecular formula is C31H23FN2O5. The molecule has 0 saturated carbocycles. The van der Waals surface area contributed by atoms with Crippen molar-refractivity contribution in [2.75, 3.05) is 4.90 Å². The van der Waals surface area contributed by atoms with Crippen molar-refractivity contribution in [1.29, 1.82) is 0 Å². The minimum atomic E-state index is -0.836. The minimum absolute atomic E-state index is 0.0567. The van der Waals surface area contributed by atoms with Gasteiger partial charge in [-0.3, -0.25) is 14.9 Å². The minimum Gasteiger partial charge on any atom is -0.489 e. The van der Waals surface area contributed by atoms with Crippen molar-refractivity contribution in [3.63, 3.8) is 0 Å². The topological polar surface area (TPSA) is 84.9 Å². The quantitative estimate of drug-likeness (QED) is 0.239. The maximum Gasteiger partial charge on any atom is 0.335 e. The summed E-state index contributed by atoms with van der Waals surface area (Å²) in [6, 6.07) is 28.2. The average molecular weight is 523 g/mol. The third kappa shape index (κ3) is 6.02. The lowest BCUT2D eigenvalue weighted by atomic mass is 10.1. The van der Waals surface area contributed by atoms with Crippen LogP contribution in [0.1, 0.15) is 16.7 Å². The molecule has 0 aromatic heterocycles. The van der Waals surface area contributed by atoms with E-state index in [9.17, 15) is 18.8 Å². The molecule has 0 atom stereocenters. The second-order valence-electron chi connectivity index (χ2n) is 8.68. The number of barbiturate groups is 1. The van der Waals surface area contributed by atoms with E-state index in [1.807, 2.05) is 30.3 Å². The second-order valence-corrected chi connectivity index (χ2v) is 8.68. The van der Waals surface area contributed by atoms with Gasteiger partial charge in [-0.25, -0.2) is 14.1 Å². The van der Waals surface area contributed by atoms with Crippen molar-refractivity contribution in [2.24, 2.45) is 0 Å². The summed E-state index contributed by atoms with van der Waals surface area (Å²) in [5.41, 5.74) is 2.07. The monoisotopic (exact) mass is 522 g/mol. The third-order valence-corrected chi connectivity index (χ3v) is 5.99. The molecule has 1 N–H and O–H groups in total. The van der Waals surface area contributed by atoms with E-state index in [4.69, 9.17) is 9.47 Å². The van der Waals surface area contributed by atoms with Gasteiger partial charge in [0.05, 0.1) is 5.69 Å². The molecule has 1 aliphatic heterocycles. The predicted octanol–water partition coefficient (Wildman–Crippen LogP) is 5.65. The molecule has 0 unspecified atom stereocenters. The van der Waals surface area contributed by atoms with Gasteiger partial charge in [0, 0.05) is 5.56 Å². The Morgan fingerprint density at radius 2 is 1.33 bits per heavy atom. The van der Waals surface area contributed by atoms with E-state index in [2.05, 4.69) is 5.32 Å². The summed E-state index contributed by atoms with van der Waals surface area (Å²) < 4.78 is 25.2. The number of carbonyl (C=O) groups is 3. The number of halogens is 1. The number of rotatable bonds is 8. The Morgan fingerprint density at radius 3 is 2.03 bits per heavy atom. The van der Waals surface area contributed by atoms with E-state index in [1.54, 1.807) is 66.7 Å². The summed E-state index contributed by atoms with van der Waals surface area (Å²) in [6.45, 7) is 0.429. The van der Waals surface area contributed by atoms with Gasteiger partial charge in [0.25, 0.3) is 11.8 Å². The zero-order chi connectivity index (χ0) is 27.2. The number of carbonyl (C=O) groups excluding carboxylic acids is 3. The van der Waals surface area contributed by atoms with Gasteiger partial charge >= 0.3 is 6.03 Å². The van der Waals surface area contributed by atoms with E-state index in [0.29, 0.717) is 34.9 Å². The Hall–Kier alpha value is -5.24. The normalized spacial score (nSPS) is 14.3. The highest BCUT2D eigenvalue weighted by molar-refractivity contribution is 6.39. The highest BCUT2D eigenvalue weighted by Crippen LogP contribution is 2.25. The smallest absolute Gasteiger partial charge is 0.335 e. The molecule has 1 heterocycles. The zero-order valence-corrected chi connectivity index (χ0v) is 20.7. The number of amides is 4. The van der Waals surface area contributed by atoms with Gasteiger partial charge < -0.3 is 9.47 Å². The molecular weight excluding hydrogens is 499 g/mol. The summed E-state index contributed by atoms with van der Waals surface area (Å²) in [5, 5.41) is 2.21. The molecule has 4 amide bonds. The van der Waals surface area contributed by atoms with Gasteiger partial charge in [-0.15, -0.1) is 0 Å². The zero-order valence-electron chi connectivity index (χ0n) is 20.7. The molecule has 4 aromatic rings. The number of imide groups is 2. The van der Waals surface area contributed by atoms with Gasteiger partial charge in [-0.2, -0.15) is 0 Å². The number of nitrogens with zero attached hydrogens (tertiary/aromatic N) is 1. The molecule has 5 rings (SSSR count). The van der Waals surface area contributed by atoms with Crippen LogP contribution in [-0.4, -0.2) is 17.8 Å². The molecule has 4 aromatic carbocycles. The van der Waals surface area contributed by atoms with Crippen molar-refractivity contribution < 1.29 is 28.2 Å². The Kier molecular flexibility index (Phi) is 7.45. The maximum atomic E-state index is 13.8. The van der Waals surface area contributed by atoms with Crippen molar-refractivity contribution in [3.8, 4) is 11.5 Å². The highest BCUT2D eigenvalue weighted by atomic mass is 19.1. The Balaban J connectivity index is 1.27. The van der Waals surface area contributed by atoms with Crippen LogP contribution in [0, 0.1) is 5.82 Å². The van der Waals surface area contributed by atoms with Gasteiger partial charge in [0.1, 0.15) is 36.1 Å². The fourth-order valence-electron chi connectivity index (χ4n) is 3.93. The summed E-state index contributed by atoms with van der Waals surface area (Å²) in [4.78, 5) is 39.1. The van der Waals surface area contributed by atoms with Crippen molar-refractivity contribution in [2.45, 2.75) is 13.2 Å². The molecule has 0 radical (unpaired) electrons. The lowest BCUT2D eigenvalue weighted by molar-refractivity contribution is -0.122. The molecule has 7 nitrogen and oxygen atoms in total. The fourth-order valence-corrected chi connectivity index (χ4v) is 3.93. The fraction of sp³-hybridized carbons (Fsp3) is 0.0645. The summed E-state index contributed by atoms with van der Waals surface area (Å²) in [6.07, 6.45) is 1.40. The predicted molar refractivity (Wildman–Crippen MR) is 143 cm³/mol. The Morgan fingerprint density at radius 1 is 0.718 bits per heavy atom. The van der Waals surface area contributed by atoms with E-state index in [0.717, 1.165) is 10.5 Å². The van der Waals surface area contributed by atoms with Crippen LogP contribution in [0.2, 0.25) is 0 Å². The number of urea groups is 1. The molecule has 194 valence electrons. The van der Waals surface area contributed by atoms with E-state index in [-0.39, 0.29) is 18.0 Å². The van der Waals surface area contributed by atoms with Crippen LogP contribution in [0.5, 0.6) is 11.5 Å². The van der Waals surface area contributed by atoms with Gasteiger partial charge in [-0.1, -0.05) is 60.7 Å². The van der Waals surface area contributed by atoms with Crippen LogP contribution in [0.15, 0.2) is 109 Å². The summed E-state index contributed by atoms with van der Waals surface area (Å²) >= 11 is 0. The van der Waals surface area contributed by atoms with Gasteiger partial charge in [-0.05, 0) is 59.7 Å². The highest BCUT2D eigenvalue weighted by Gasteiger charge is 2.36. The Bertz CT molecular complexity index is 1530. The SMILES string of the molecule is O=C1NC(=O)N(c2ccc(OCc3ccccc3)cc2)C(=O)/C1=C/c1ccc(OCc2ccccc2F)cc1. The number of nitrogens with one attached hydrogen (secondary N) is 1. The first-order chi connectivity index (χ1) is 19.0. The van der Waals surface area contributed by atoms with Crippen LogP contribution < -0.4 is 19.7 Å². The first kappa shape index (κ1) is 25.4.